The summed E-state index contributed by atoms with van der Waals surface area (Å²) in [5.74, 6) is -1.73. The lowest BCUT2D eigenvalue weighted by molar-refractivity contribution is -0.139. The quantitative estimate of drug-likeness (QED) is 0.771. The lowest BCUT2D eigenvalue weighted by atomic mass is 10.1. The fourth-order valence-corrected chi connectivity index (χ4v) is 1.70. The molecule has 1 heterocycles. The Hall–Kier alpha value is -2.89. The number of carboxylic acid groups (broad SMARTS) is 1. The third-order valence-corrected chi connectivity index (χ3v) is 2.70. The molecule has 1 atom stereocenters. The van der Waals surface area contributed by atoms with Crippen molar-refractivity contribution in [1.29, 1.82) is 0 Å². The maximum Gasteiger partial charge on any atom is 0.330 e. The number of hydrogen-bond acceptors (Lipinski definition) is 3. The van der Waals surface area contributed by atoms with Crippen LogP contribution in [0, 0.1) is 0 Å². The first-order valence-electron chi connectivity index (χ1n) is 5.85. The summed E-state index contributed by atoms with van der Waals surface area (Å²) in [4.78, 5) is 36.5. The van der Waals surface area contributed by atoms with Gasteiger partial charge in [-0.2, -0.15) is 0 Å². The average molecular weight is 272 g/mol. The second-order valence-corrected chi connectivity index (χ2v) is 4.10. The summed E-state index contributed by atoms with van der Waals surface area (Å²) in [5, 5.41) is 11.6. The van der Waals surface area contributed by atoms with E-state index in [1.54, 1.807) is 30.3 Å². The van der Waals surface area contributed by atoms with Crippen LogP contribution in [-0.2, 0) is 4.79 Å². The molecule has 0 unspecified atom stereocenters. The SMILES string of the molecule is O=C(N[C@@H](C(=O)O)c1ccccc1)c1ccc(=O)[nH]c1. The number of nitrogens with one attached hydrogen (secondary N) is 2. The first-order valence-corrected chi connectivity index (χ1v) is 5.85. The third-order valence-electron chi connectivity index (χ3n) is 2.70. The molecule has 1 amide bonds. The van der Waals surface area contributed by atoms with Gasteiger partial charge in [0.15, 0.2) is 6.04 Å². The summed E-state index contributed by atoms with van der Waals surface area (Å²) in [7, 11) is 0. The minimum absolute atomic E-state index is 0.187. The maximum absolute atomic E-state index is 11.9. The lowest BCUT2D eigenvalue weighted by Crippen LogP contribution is -2.34. The smallest absolute Gasteiger partial charge is 0.330 e. The summed E-state index contributed by atoms with van der Waals surface area (Å²) in [5.41, 5.74) is 0.323. The fraction of sp³-hybridized carbons (Fsp3) is 0.0714. The summed E-state index contributed by atoms with van der Waals surface area (Å²) in [6.07, 6.45) is 1.24. The molecule has 1 aromatic heterocycles. The molecular weight excluding hydrogens is 260 g/mol. The number of H-pyrrole nitrogens is 1. The summed E-state index contributed by atoms with van der Waals surface area (Å²) in [6.45, 7) is 0. The van der Waals surface area contributed by atoms with Crippen LogP contribution in [0.1, 0.15) is 22.0 Å². The highest BCUT2D eigenvalue weighted by atomic mass is 16.4. The second-order valence-electron chi connectivity index (χ2n) is 4.10. The van der Waals surface area contributed by atoms with Crippen molar-refractivity contribution >= 4 is 11.9 Å². The Labute approximate surface area is 114 Å². The number of benzene rings is 1. The Balaban J connectivity index is 2.21. The minimum atomic E-state index is -1.16. The van der Waals surface area contributed by atoms with Gasteiger partial charge in [0.05, 0.1) is 5.56 Å². The molecule has 0 bridgehead atoms. The zero-order valence-electron chi connectivity index (χ0n) is 10.4. The first-order chi connectivity index (χ1) is 9.58. The van der Waals surface area contributed by atoms with Crippen LogP contribution in [0.25, 0.3) is 0 Å². The molecule has 102 valence electrons. The van der Waals surface area contributed by atoms with E-state index < -0.39 is 17.9 Å². The Morgan fingerprint density at radius 2 is 1.80 bits per heavy atom. The maximum atomic E-state index is 11.9. The predicted octanol–water partition coefficient (Wildman–Crippen LogP) is 0.931. The number of rotatable bonds is 4. The van der Waals surface area contributed by atoms with Gasteiger partial charge in [0.1, 0.15) is 0 Å². The van der Waals surface area contributed by atoms with Crippen LogP contribution >= 0.6 is 0 Å². The number of hydrogen-bond donors (Lipinski definition) is 3. The number of aliphatic carboxylic acids is 1. The zero-order valence-corrected chi connectivity index (χ0v) is 10.4. The van der Waals surface area contributed by atoms with Gasteiger partial charge >= 0.3 is 5.97 Å². The van der Waals surface area contributed by atoms with Crippen LogP contribution in [0.5, 0.6) is 0 Å². The first kappa shape index (κ1) is 13.5. The van der Waals surface area contributed by atoms with E-state index in [-0.39, 0.29) is 11.1 Å². The van der Waals surface area contributed by atoms with Gasteiger partial charge in [-0.1, -0.05) is 30.3 Å². The molecule has 6 nitrogen and oxygen atoms in total. The van der Waals surface area contributed by atoms with Crippen LogP contribution in [0.15, 0.2) is 53.5 Å². The zero-order chi connectivity index (χ0) is 14.5. The largest absolute Gasteiger partial charge is 0.479 e. The molecule has 0 aliphatic rings. The molecule has 0 saturated carbocycles. The van der Waals surface area contributed by atoms with E-state index >= 15 is 0 Å². The number of pyridine rings is 1. The monoisotopic (exact) mass is 272 g/mol. The molecule has 2 aromatic rings. The molecule has 0 saturated heterocycles. The number of carbonyl (C=O) groups excluding carboxylic acids is 1. The fourth-order valence-electron chi connectivity index (χ4n) is 1.70. The standard InChI is InChI=1S/C14H12N2O4/c17-11-7-6-10(8-15-11)13(18)16-12(14(19)20)9-4-2-1-3-5-9/h1-8,12H,(H,15,17)(H,16,18)(H,19,20)/t12-/m1/s1. The van der Waals surface area contributed by atoms with E-state index in [1.165, 1.54) is 18.3 Å². The number of carboxylic acids is 1. The van der Waals surface area contributed by atoms with Crippen molar-refractivity contribution in [3.63, 3.8) is 0 Å². The molecular formula is C14H12N2O4. The second kappa shape index (κ2) is 5.83. The van der Waals surface area contributed by atoms with Crippen molar-refractivity contribution in [3.8, 4) is 0 Å². The van der Waals surface area contributed by atoms with Gasteiger partial charge < -0.3 is 15.4 Å². The molecule has 0 spiro atoms. The Kier molecular flexibility index (Phi) is 3.95. The van der Waals surface area contributed by atoms with Gasteiger partial charge in [-0.3, -0.25) is 9.59 Å². The highest BCUT2D eigenvalue weighted by Gasteiger charge is 2.22. The summed E-state index contributed by atoms with van der Waals surface area (Å²) in [6, 6.07) is 9.76. The van der Waals surface area contributed by atoms with Crippen molar-refractivity contribution in [3.05, 3.63) is 70.1 Å². The lowest BCUT2D eigenvalue weighted by Gasteiger charge is -2.14. The molecule has 3 N–H and O–H groups in total. The van der Waals surface area contributed by atoms with Crippen LogP contribution in [-0.4, -0.2) is 22.0 Å². The third kappa shape index (κ3) is 3.11. The molecule has 20 heavy (non-hydrogen) atoms. The van der Waals surface area contributed by atoms with E-state index in [1.807, 2.05) is 0 Å². The van der Waals surface area contributed by atoms with Gasteiger partial charge in [-0.15, -0.1) is 0 Å². The number of amides is 1. The van der Waals surface area contributed by atoms with Crippen LogP contribution in [0.2, 0.25) is 0 Å². The van der Waals surface area contributed by atoms with Crippen molar-refractivity contribution in [1.82, 2.24) is 10.3 Å². The molecule has 0 aliphatic carbocycles. The van der Waals surface area contributed by atoms with Gasteiger partial charge in [-0.05, 0) is 11.6 Å². The Morgan fingerprint density at radius 1 is 1.10 bits per heavy atom. The van der Waals surface area contributed by atoms with Crippen LogP contribution < -0.4 is 10.9 Å². The number of aromatic nitrogens is 1. The highest BCUT2D eigenvalue weighted by Crippen LogP contribution is 2.13. The topological polar surface area (TPSA) is 99.3 Å². The van der Waals surface area contributed by atoms with Crippen molar-refractivity contribution < 1.29 is 14.7 Å². The normalized spacial score (nSPS) is 11.6. The molecule has 0 radical (unpaired) electrons. The van der Waals surface area contributed by atoms with E-state index in [4.69, 9.17) is 0 Å². The van der Waals surface area contributed by atoms with Crippen molar-refractivity contribution in [2.75, 3.05) is 0 Å². The van der Waals surface area contributed by atoms with E-state index in [2.05, 4.69) is 10.3 Å². The highest BCUT2D eigenvalue weighted by molar-refractivity contribution is 5.96. The Morgan fingerprint density at radius 3 is 2.35 bits per heavy atom. The Bertz CT molecular complexity index is 659. The van der Waals surface area contributed by atoms with E-state index in [0.717, 1.165) is 0 Å². The summed E-state index contributed by atoms with van der Waals surface area (Å²) < 4.78 is 0. The molecule has 0 fully saturated rings. The van der Waals surface area contributed by atoms with Crippen molar-refractivity contribution in [2.45, 2.75) is 6.04 Å². The van der Waals surface area contributed by atoms with Crippen LogP contribution in [0.4, 0.5) is 0 Å². The average Bonchev–Trinajstić information content (AvgIpc) is 2.46. The minimum Gasteiger partial charge on any atom is -0.479 e. The number of aromatic amines is 1. The molecule has 2 rings (SSSR count). The predicted molar refractivity (Wildman–Crippen MR) is 71.3 cm³/mol. The van der Waals surface area contributed by atoms with Gasteiger partial charge in [0, 0.05) is 12.3 Å². The number of carbonyl (C=O) groups is 2. The van der Waals surface area contributed by atoms with Crippen LogP contribution in [0.3, 0.4) is 0 Å². The van der Waals surface area contributed by atoms with Gasteiger partial charge in [0.2, 0.25) is 5.56 Å². The van der Waals surface area contributed by atoms with E-state index in [9.17, 15) is 19.5 Å². The summed E-state index contributed by atoms with van der Waals surface area (Å²) >= 11 is 0. The molecule has 6 heteroatoms. The van der Waals surface area contributed by atoms with Crippen molar-refractivity contribution in [2.24, 2.45) is 0 Å². The van der Waals surface area contributed by atoms with E-state index in [0.29, 0.717) is 5.56 Å². The van der Waals surface area contributed by atoms with Gasteiger partial charge in [0.25, 0.3) is 5.91 Å². The molecule has 0 aliphatic heterocycles. The molecule has 1 aromatic carbocycles. The van der Waals surface area contributed by atoms with Gasteiger partial charge in [-0.25, -0.2) is 4.79 Å².